The van der Waals surface area contributed by atoms with Crippen molar-refractivity contribution in [3.8, 4) is 22.8 Å². The van der Waals surface area contributed by atoms with Crippen LogP contribution in [0.3, 0.4) is 0 Å². The van der Waals surface area contributed by atoms with Crippen molar-refractivity contribution in [3.05, 3.63) is 192 Å². The van der Waals surface area contributed by atoms with Crippen LogP contribution in [0.15, 0.2) is 170 Å². The number of benzene rings is 6. The zero-order valence-corrected chi connectivity index (χ0v) is 25.5. The van der Waals surface area contributed by atoms with Gasteiger partial charge < -0.3 is 4.57 Å². The molecule has 0 saturated heterocycles. The van der Waals surface area contributed by atoms with Gasteiger partial charge in [-0.25, -0.2) is 4.98 Å². The van der Waals surface area contributed by atoms with Crippen LogP contribution in [0, 0.1) is 0 Å². The molecule has 0 N–H and O–H groups in total. The van der Waals surface area contributed by atoms with Gasteiger partial charge in [-0.3, -0.25) is 9.55 Å². The number of pyridine rings is 1. The van der Waals surface area contributed by atoms with E-state index in [0.717, 1.165) is 33.8 Å². The van der Waals surface area contributed by atoms with Crippen LogP contribution >= 0.6 is 0 Å². The largest absolute Gasteiger partial charge is 0.309 e. The van der Waals surface area contributed by atoms with Crippen LogP contribution in [0.4, 0.5) is 0 Å². The van der Waals surface area contributed by atoms with E-state index in [1.165, 1.54) is 44.1 Å². The zero-order valence-electron chi connectivity index (χ0n) is 25.5. The molecule has 0 saturated carbocycles. The van der Waals surface area contributed by atoms with Gasteiger partial charge in [-0.2, -0.15) is 0 Å². The molecule has 0 bridgehead atoms. The molecule has 0 atom stereocenters. The average Bonchev–Trinajstić information content (AvgIpc) is 3.71. The molecule has 1 aliphatic heterocycles. The summed E-state index contributed by atoms with van der Waals surface area (Å²) in [5.74, 6) is 0.885. The fourth-order valence-corrected chi connectivity index (χ4v) is 8.02. The van der Waals surface area contributed by atoms with E-state index >= 15 is 0 Å². The summed E-state index contributed by atoms with van der Waals surface area (Å²) in [5, 5.41) is 2.49. The minimum absolute atomic E-state index is 0.570. The lowest BCUT2D eigenvalue weighted by Gasteiger charge is -2.41. The van der Waals surface area contributed by atoms with Crippen LogP contribution in [0.2, 0.25) is 0 Å². The van der Waals surface area contributed by atoms with Crippen LogP contribution in [0.25, 0.3) is 55.6 Å². The van der Waals surface area contributed by atoms with E-state index < -0.39 is 5.41 Å². The fourth-order valence-electron chi connectivity index (χ4n) is 8.02. The molecule has 0 fully saturated rings. The van der Waals surface area contributed by atoms with Gasteiger partial charge in [-0.1, -0.05) is 115 Å². The van der Waals surface area contributed by atoms with Crippen molar-refractivity contribution in [2.45, 2.75) is 5.41 Å². The van der Waals surface area contributed by atoms with Crippen LogP contribution in [-0.4, -0.2) is 19.1 Å². The number of rotatable bonds is 4. The molecule has 0 unspecified atom stereocenters. The van der Waals surface area contributed by atoms with Gasteiger partial charge >= 0.3 is 0 Å². The Bertz CT molecular complexity index is 2520. The number of fused-ring (bicyclic) bond motifs is 5. The molecule has 1 aliphatic rings. The van der Waals surface area contributed by atoms with Crippen LogP contribution in [0.5, 0.6) is 0 Å². The number of hydrogen-bond donors (Lipinski definition) is 0. The smallest absolute Gasteiger partial charge is 0.147 e. The lowest BCUT2D eigenvalue weighted by atomic mass is 9.63. The number of para-hydroxylation sites is 3. The third-order valence-corrected chi connectivity index (χ3v) is 9.88. The minimum Gasteiger partial charge on any atom is -0.309 e. The van der Waals surface area contributed by atoms with Crippen LogP contribution in [-0.2, 0) is 5.41 Å². The van der Waals surface area contributed by atoms with Crippen LogP contribution < -0.4 is 0 Å². The van der Waals surface area contributed by atoms with E-state index in [-0.39, 0.29) is 0 Å². The Morgan fingerprint density at radius 2 is 1.17 bits per heavy atom. The molecule has 4 heteroatoms. The summed E-state index contributed by atoms with van der Waals surface area (Å²) in [4.78, 5) is 9.81. The van der Waals surface area contributed by atoms with Gasteiger partial charge in [0.25, 0.3) is 0 Å². The van der Waals surface area contributed by atoms with E-state index in [1.807, 2.05) is 18.5 Å². The Kier molecular flexibility index (Phi) is 5.46. The van der Waals surface area contributed by atoms with Crippen LogP contribution in [0.1, 0.15) is 22.3 Å². The zero-order chi connectivity index (χ0) is 31.0. The maximum atomic E-state index is 5.31. The van der Waals surface area contributed by atoms with Crippen molar-refractivity contribution in [2.75, 3.05) is 0 Å². The van der Waals surface area contributed by atoms with E-state index in [4.69, 9.17) is 4.98 Å². The van der Waals surface area contributed by atoms with Crippen molar-refractivity contribution < 1.29 is 0 Å². The SMILES string of the molecule is c1ccc(C2(c3ccccc3)c3ccc(-n4c5ccccc5c5ccccc54)cc3-n3c(-c4cccnc4)nc4cccc2c43)cc1. The predicted octanol–water partition coefficient (Wildman–Crippen LogP) is 9.88. The van der Waals surface area contributed by atoms with Gasteiger partial charge in [0.05, 0.1) is 33.2 Å². The Balaban J connectivity index is 1.39. The molecule has 220 valence electrons. The van der Waals surface area contributed by atoms with Gasteiger partial charge in [-0.15, -0.1) is 0 Å². The molecule has 0 radical (unpaired) electrons. The summed E-state index contributed by atoms with van der Waals surface area (Å²) in [6.07, 6.45) is 3.73. The Labute approximate surface area is 271 Å². The van der Waals surface area contributed by atoms with Crippen molar-refractivity contribution in [1.29, 1.82) is 0 Å². The molecule has 0 amide bonds. The van der Waals surface area contributed by atoms with Gasteiger partial charge in [-0.05, 0) is 64.7 Å². The maximum Gasteiger partial charge on any atom is 0.147 e. The molecule has 10 rings (SSSR count). The number of imidazole rings is 1. The highest BCUT2D eigenvalue weighted by Crippen LogP contribution is 2.53. The highest BCUT2D eigenvalue weighted by molar-refractivity contribution is 6.09. The van der Waals surface area contributed by atoms with E-state index in [1.54, 1.807) is 0 Å². The van der Waals surface area contributed by atoms with E-state index in [0.29, 0.717) is 0 Å². The van der Waals surface area contributed by atoms with Crippen molar-refractivity contribution in [2.24, 2.45) is 0 Å². The van der Waals surface area contributed by atoms with Crippen molar-refractivity contribution in [3.63, 3.8) is 0 Å². The first-order valence-electron chi connectivity index (χ1n) is 16.0. The highest BCUT2D eigenvalue weighted by atomic mass is 15.1. The normalized spacial score (nSPS) is 13.3. The molecule has 47 heavy (non-hydrogen) atoms. The first-order valence-corrected chi connectivity index (χ1v) is 16.0. The van der Waals surface area contributed by atoms with E-state index in [2.05, 4.69) is 166 Å². The second-order valence-corrected chi connectivity index (χ2v) is 12.2. The summed E-state index contributed by atoms with van der Waals surface area (Å²) in [6.45, 7) is 0. The molecule has 0 aliphatic carbocycles. The van der Waals surface area contributed by atoms with Gasteiger partial charge in [0, 0.05) is 34.4 Å². The summed E-state index contributed by atoms with van der Waals surface area (Å²) < 4.78 is 4.77. The number of nitrogens with zero attached hydrogens (tertiary/aromatic N) is 4. The number of aromatic nitrogens is 4. The number of hydrogen-bond acceptors (Lipinski definition) is 2. The highest BCUT2D eigenvalue weighted by Gasteiger charge is 2.45. The van der Waals surface area contributed by atoms with Crippen molar-refractivity contribution >= 4 is 32.8 Å². The predicted molar refractivity (Wildman–Crippen MR) is 191 cm³/mol. The van der Waals surface area contributed by atoms with E-state index in [9.17, 15) is 0 Å². The minimum atomic E-state index is -0.570. The second-order valence-electron chi connectivity index (χ2n) is 12.2. The Morgan fingerprint density at radius 1 is 0.511 bits per heavy atom. The molecule has 3 aromatic heterocycles. The Morgan fingerprint density at radius 3 is 1.83 bits per heavy atom. The fraction of sp³-hybridized carbons (Fsp3) is 0.0233. The molecular weight excluding hydrogens is 573 g/mol. The maximum absolute atomic E-state index is 5.31. The van der Waals surface area contributed by atoms with Gasteiger partial charge in [0.2, 0.25) is 0 Å². The molecule has 4 heterocycles. The summed E-state index contributed by atoms with van der Waals surface area (Å²) in [5.41, 5.74) is 11.9. The van der Waals surface area contributed by atoms with Crippen molar-refractivity contribution in [1.82, 2.24) is 19.1 Å². The first kappa shape index (κ1) is 26.0. The molecule has 9 aromatic rings. The topological polar surface area (TPSA) is 35.6 Å². The third kappa shape index (κ3) is 3.52. The lowest BCUT2D eigenvalue weighted by Crippen LogP contribution is -2.35. The third-order valence-electron chi connectivity index (χ3n) is 9.88. The second kappa shape index (κ2) is 9.87. The average molecular weight is 601 g/mol. The summed E-state index contributed by atoms with van der Waals surface area (Å²) >= 11 is 0. The molecule has 4 nitrogen and oxygen atoms in total. The molecular formula is C43H28N4. The van der Waals surface area contributed by atoms with Gasteiger partial charge in [0.1, 0.15) is 5.82 Å². The standard InChI is InChI=1S/C43H28N4/c1-3-14-30(15-4-1)43(31-16-5-2-6-17-31)35-25-24-32(46-38-22-9-7-18-33(38)34-19-8-10-23-39(34)46)27-40(35)47-41-36(43)20-11-21-37(41)45-42(47)29-13-12-26-44-28-29/h1-28H. The Hall–Kier alpha value is -6.26. The monoisotopic (exact) mass is 600 g/mol. The molecule has 0 spiro atoms. The summed E-state index contributed by atoms with van der Waals surface area (Å²) in [7, 11) is 0. The quantitative estimate of drug-likeness (QED) is 0.202. The first-order chi connectivity index (χ1) is 23.3. The van der Waals surface area contributed by atoms with Gasteiger partial charge in [0.15, 0.2) is 0 Å². The lowest BCUT2D eigenvalue weighted by molar-refractivity contribution is 0.725. The summed E-state index contributed by atoms with van der Waals surface area (Å²) in [6, 6.07) is 56.9. The molecule has 6 aromatic carbocycles.